The molecular formula is C11H19ClN2. The van der Waals surface area contributed by atoms with Crippen molar-refractivity contribution in [1.29, 1.82) is 0 Å². The number of anilines is 1. The fourth-order valence-corrected chi connectivity index (χ4v) is 1.29. The van der Waals surface area contributed by atoms with Crippen LogP contribution < -0.4 is 21.9 Å². The van der Waals surface area contributed by atoms with Crippen LogP contribution in [0.25, 0.3) is 0 Å². The Morgan fingerprint density at radius 1 is 1.21 bits per heavy atom. The molecule has 0 saturated carbocycles. The molecule has 0 aliphatic heterocycles. The molecule has 1 heterocycles. The summed E-state index contributed by atoms with van der Waals surface area (Å²) in [7, 11) is 4.12. The quantitative estimate of drug-likeness (QED) is 0.568. The molecule has 3 heteroatoms. The van der Waals surface area contributed by atoms with Gasteiger partial charge in [-0.3, -0.25) is 0 Å². The number of hydrogen-bond acceptors (Lipinski definition) is 1. The average molecular weight is 215 g/mol. The average Bonchev–Trinajstić information content (AvgIpc) is 2.04. The van der Waals surface area contributed by atoms with Gasteiger partial charge in [0.15, 0.2) is 18.9 Å². The van der Waals surface area contributed by atoms with Crippen molar-refractivity contribution in [3.05, 3.63) is 24.5 Å². The molecule has 0 spiro atoms. The highest BCUT2D eigenvalue weighted by molar-refractivity contribution is 5.41. The van der Waals surface area contributed by atoms with E-state index < -0.39 is 0 Å². The van der Waals surface area contributed by atoms with Crippen LogP contribution in [0.5, 0.6) is 0 Å². The summed E-state index contributed by atoms with van der Waals surface area (Å²) in [6.07, 6.45) is 4.27. The van der Waals surface area contributed by atoms with Crippen LogP contribution in [0.3, 0.4) is 0 Å². The molecule has 0 amide bonds. The smallest absolute Gasteiger partial charge is 0.170 e. The van der Waals surface area contributed by atoms with Crippen LogP contribution in [-0.4, -0.2) is 14.1 Å². The Hall–Kier alpha value is -0.760. The maximum atomic E-state index is 2.23. The van der Waals surface area contributed by atoms with Crippen molar-refractivity contribution in [3.63, 3.8) is 0 Å². The molecule has 0 saturated heterocycles. The Labute approximate surface area is 93.0 Å². The zero-order valence-corrected chi connectivity index (χ0v) is 10.1. The predicted molar refractivity (Wildman–Crippen MR) is 55.8 cm³/mol. The molecule has 80 valence electrons. The van der Waals surface area contributed by atoms with E-state index >= 15 is 0 Å². The molecule has 1 aromatic rings. The van der Waals surface area contributed by atoms with Gasteiger partial charge < -0.3 is 17.3 Å². The molecule has 0 aliphatic carbocycles. The first-order valence-corrected chi connectivity index (χ1v) is 4.76. The summed E-state index contributed by atoms with van der Waals surface area (Å²) in [5.41, 5.74) is 1.25. The van der Waals surface area contributed by atoms with Crippen molar-refractivity contribution in [1.82, 2.24) is 0 Å². The first-order chi connectivity index (χ1) is 6.09. The molecule has 0 N–H and O–H groups in total. The minimum atomic E-state index is 0. The molecule has 0 aromatic carbocycles. The zero-order chi connectivity index (χ0) is 9.84. The van der Waals surface area contributed by atoms with Gasteiger partial charge in [-0.25, -0.2) is 4.57 Å². The standard InChI is InChI=1S/C11H19N2.ClH/c1-10(2)9-13-7-5-11(6-8-13)12(3)4;/h5-8,10H,9H2,1-4H3;1H/q+1;/p-1. The van der Waals surface area contributed by atoms with Crippen molar-refractivity contribution in [2.24, 2.45) is 5.92 Å². The first kappa shape index (κ1) is 13.2. The third-order valence-corrected chi connectivity index (χ3v) is 1.97. The summed E-state index contributed by atoms with van der Waals surface area (Å²) < 4.78 is 2.22. The minimum Gasteiger partial charge on any atom is -1.00 e. The van der Waals surface area contributed by atoms with Gasteiger partial charge in [0, 0.05) is 37.8 Å². The van der Waals surface area contributed by atoms with Gasteiger partial charge in [0.05, 0.1) is 0 Å². The van der Waals surface area contributed by atoms with Gasteiger partial charge in [0.25, 0.3) is 0 Å². The molecule has 1 aromatic heterocycles. The Kier molecular flexibility index (Phi) is 5.55. The van der Waals surface area contributed by atoms with Gasteiger partial charge in [0.2, 0.25) is 0 Å². The molecule has 1 rings (SSSR count). The van der Waals surface area contributed by atoms with Crippen LogP contribution in [0.1, 0.15) is 13.8 Å². The van der Waals surface area contributed by atoms with Crippen molar-refractivity contribution in [2.45, 2.75) is 20.4 Å². The number of halogens is 1. The molecule has 2 nitrogen and oxygen atoms in total. The van der Waals surface area contributed by atoms with Gasteiger partial charge >= 0.3 is 0 Å². The number of pyridine rings is 1. The molecule has 0 atom stereocenters. The van der Waals surface area contributed by atoms with Gasteiger partial charge in [-0.15, -0.1) is 0 Å². The molecule has 0 bridgehead atoms. The Morgan fingerprint density at radius 2 is 1.71 bits per heavy atom. The summed E-state index contributed by atoms with van der Waals surface area (Å²) >= 11 is 0. The largest absolute Gasteiger partial charge is 1.00 e. The third kappa shape index (κ3) is 3.97. The Bertz CT molecular complexity index is 254. The summed E-state index contributed by atoms with van der Waals surface area (Å²) in [5, 5.41) is 0. The van der Waals surface area contributed by atoms with Crippen LogP contribution in [0.4, 0.5) is 5.69 Å². The second-order valence-corrected chi connectivity index (χ2v) is 4.04. The molecule has 0 aliphatic rings. The Balaban J connectivity index is 0.00000169. The van der Waals surface area contributed by atoms with Crippen LogP contribution >= 0.6 is 0 Å². The van der Waals surface area contributed by atoms with Gasteiger partial charge in [-0.05, 0) is 0 Å². The van der Waals surface area contributed by atoms with E-state index in [2.05, 4.69) is 61.9 Å². The van der Waals surface area contributed by atoms with E-state index in [0.717, 1.165) is 6.54 Å². The van der Waals surface area contributed by atoms with E-state index in [1.165, 1.54) is 5.69 Å². The monoisotopic (exact) mass is 214 g/mol. The number of aromatic nitrogens is 1. The van der Waals surface area contributed by atoms with E-state index in [-0.39, 0.29) is 12.4 Å². The lowest BCUT2D eigenvalue weighted by atomic mass is 10.2. The van der Waals surface area contributed by atoms with Gasteiger partial charge in [-0.1, -0.05) is 13.8 Å². The second-order valence-electron chi connectivity index (χ2n) is 4.04. The first-order valence-electron chi connectivity index (χ1n) is 4.76. The van der Waals surface area contributed by atoms with Crippen molar-refractivity contribution in [2.75, 3.05) is 19.0 Å². The zero-order valence-electron chi connectivity index (χ0n) is 9.37. The number of hydrogen-bond donors (Lipinski definition) is 0. The second kappa shape index (κ2) is 5.86. The van der Waals surface area contributed by atoms with Crippen molar-refractivity contribution >= 4 is 5.69 Å². The summed E-state index contributed by atoms with van der Waals surface area (Å²) in [6.45, 7) is 5.55. The van der Waals surface area contributed by atoms with Crippen LogP contribution in [0.15, 0.2) is 24.5 Å². The van der Waals surface area contributed by atoms with Gasteiger partial charge in [0.1, 0.15) is 0 Å². The number of nitrogens with zero attached hydrogens (tertiary/aromatic N) is 2. The topological polar surface area (TPSA) is 7.12 Å². The van der Waals surface area contributed by atoms with Crippen molar-refractivity contribution < 1.29 is 17.0 Å². The van der Waals surface area contributed by atoms with E-state index in [4.69, 9.17) is 0 Å². The lowest BCUT2D eigenvalue weighted by Gasteiger charge is -2.10. The fraction of sp³-hybridized carbons (Fsp3) is 0.545. The normalized spacial score (nSPS) is 9.79. The maximum absolute atomic E-state index is 2.23. The van der Waals surface area contributed by atoms with Crippen molar-refractivity contribution in [3.8, 4) is 0 Å². The highest BCUT2D eigenvalue weighted by Gasteiger charge is 2.03. The molecule has 0 fully saturated rings. The maximum Gasteiger partial charge on any atom is 0.170 e. The Morgan fingerprint density at radius 3 is 2.07 bits per heavy atom. The highest BCUT2D eigenvalue weighted by atomic mass is 35.5. The lowest BCUT2D eigenvalue weighted by molar-refractivity contribution is -0.702. The summed E-state index contributed by atoms with van der Waals surface area (Å²) in [4.78, 5) is 2.11. The van der Waals surface area contributed by atoms with Gasteiger partial charge in [-0.2, -0.15) is 0 Å². The SMILES string of the molecule is CC(C)C[n+]1ccc(N(C)C)cc1.[Cl-]. The van der Waals surface area contributed by atoms with Crippen LogP contribution in [-0.2, 0) is 6.54 Å². The van der Waals surface area contributed by atoms with E-state index in [9.17, 15) is 0 Å². The van der Waals surface area contributed by atoms with Crippen LogP contribution in [0.2, 0.25) is 0 Å². The van der Waals surface area contributed by atoms with Crippen LogP contribution in [0, 0.1) is 5.92 Å². The number of rotatable bonds is 3. The van der Waals surface area contributed by atoms with E-state index in [1.807, 2.05) is 0 Å². The fourth-order valence-electron chi connectivity index (χ4n) is 1.29. The minimum absolute atomic E-state index is 0. The van der Waals surface area contributed by atoms with E-state index in [0.29, 0.717) is 5.92 Å². The molecular weight excluding hydrogens is 196 g/mol. The summed E-state index contributed by atoms with van der Waals surface area (Å²) in [6, 6.07) is 4.28. The third-order valence-electron chi connectivity index (χ3n) is 1.97. The summed E-state index contributed by atoms with van der Waals surface area (Å²) in [5.74, 6) is 0.704. The molecule has 14 heavy (non-hydrogen) atoms. The molecule has 0 unspecified atom stereocenters. The predicted octanol–water partition coefficient (Wildman–Crippen LogP) is -1.30. The lowest BCUT2D eigenvalue weighted by Crippen LogP contribution is -3.00. The van der Waals surface area contributed by atoms with E-state index in [1.54, 1.807) is 0 Å². The highest BCUT2D eigenvalue weighted by Crippen LogP contribution is 2.06. The molecule has 0 radical (unpaired) electrons.